The van der Waals surface area contributed by atoms with E-state index in [0.29, 0.717) is 17.2 Å². The number of hydrogen-bond acceptors (Lipinski definition) is 3. The molecule has 0 aliphatic heterocycles. The highest BCUT2D eigenvalue weighted by Gasteiger charge is 2.05. The van der Waals surface area contributed by atoms with Crippen molar-refractivity contribution >= 4 is 33.1 Å². The highest BCUT2D eigenvalue weighted by Crippen LogP contribution is 2.24. The summed E-state index contributed by atoms with van der Waals surface area (Å²) in [5.41, 5.74) is 6.55. The lowest BCUT2D eigenvalue weighted by Crippen LogP contribution is -2.00. The van der Waals surface area contributed by atoms with E-state index in [1.54, 1.807) is 30.5 Å². The summed E-state index contributed by atoms with van der Waals surface area (Å²) in [6, 6.07) is 8.06. The molecule has 3 nitrogen and oxygen atoms in total. The smallest absolute Gasteiger partial charge is 0.153 e. The Labute approximate surface area is 101 Å². The Hall–Kier alpha value is -1.62. The van der Waals surface area contributed by atoms with Gasteiger partial charge in [0.1, 0.15) is 5.82 Å². The molecule has 0 unspecified atom stereocenters. The fourth-order valence-corrected chi connectivity index (χ4v) is 1.60. The topological polar surface area (TPSA) is 50.9 Å². The van der Waals surface area contributed by atoms with Crippen LogP contribution in [0, 0.1) is 5.82 Å². The maximum Gasteiger partial charge on any atom is 0.153 e. The normalized spacial score (nSPS) is 10.1. The number of hydrogen-bond donors (Lipinski definition) is 2. The Morgan fingerprint density at radius 3 is 2.75 bits per heavy atom. The lowest BCUT2D eigenvalue weighted by Gasteiger charge is -2.08. The number of rotatable bonds is 2. The molecule has 0 aliphatic rings. The summed E-state index contributed by atoms with van der Waals surface area (Å²) in [5.74, 6) is 0.0971. The predicted octanol–water partition coefficient (Wildman–Crippen LogP) is 3.31. The van der Waals surface area contributed by atoms with Crippen LogP contribution in [0.4, 0.5) is 21.6 Å². The molecule has 0 atom stereocenters. The summed E-state index contributed by atoms with van der Waals surface area (Å²) in [4.78, 5) is 4.06. The molecular formula is C11H9BrFN3. The first-order chi connectivity index (χ1) is 7.66. The van der Waals surface area contributed by atoms with Crippen LogP contribution in [-0.4, -0.2) is 4.98 Å². The second-order valence-corrected chi connectivity index (χ2v) is 4.11. The standard InChI is InChI=1S/C11H9BrFN3/c12-7-5-9(14)11(15-6-7)16-10-4-2-1-3-8(10)13/h1-6H,14H2,(H,15,16). The van der Waals surface area contributed by atoms with E-state index in [1.807, 2.05) is 0 Å². The lowest BCUT2D eigenvalue weighted by molar-refractivity contribution is 0.632. The van der Waals surface area contributed by atoms with E-state index in [9.17, 15) is 4.39 Å². The molecule has 5 heteroatoms. The van der Waals surface area contributed by atoms with Gasteiger partial charge in [0.25, 0.3) is 0 Å². The first-order valence-corrected chi connectivity index (χ1v) is 5.38. The van der Waals surface area contributed by atoms with Gasteiger partial charge in [-0.2, -0.15) is 0 Å². The first-order valence-electron chi connectivity index (χ1n) is 4.59. The summed E-state index contributed by atoms with van der Waals surface area (Å²) in [5, 5.41) is 2.84. The third-order valence-electron chi connectivity index (χ3n) is 2.01. The van der Waals surface area contributed by atoms with Gasteiger partial charge in [0.05, 0.1) is 11.4 Å². The molecule has 82 valence electrons. The first kappa shape index (κ1) is 10.9. The van der Waals surface area contributed by atoms with Crippen molar-refractivity contribution in [1.82, 2.24) is 4.98 Å². The molecule has 3 N–H and O–H groups in total. The summed E-state index contributed by atoms with van der Waals surface area (Å²) in [6.45, 7) is 0. The number of nitrogens with zero attached hydrogens (tertiary/aromatic N) is 1. The summed E-state index contributed by atoms with van der Waals surface area (Å²) in [6.07, 6.45) is 1.60. The van der Waals surface area contributed by atoms with Gasteiger partial charge in [0, 0.05) is 10.7 Å². The number of aromatic nitrogens is 1. The molecule has 0 amide bonds. The van der Waals surface area contributed by atoms with Gasteiger partial charge in [-0.25, -0.2) is 9.37 Å². The van der Waals surface area contributed by atoms with Crippen molar-refractivity contribution in [2.45, 2.75) is 0 Å². The van der Waals surface area contributed by atoms with Gasteiger partial charge in [-0.05, 0) is 34.1 Å². The number of para-hydroxylation sites is 1. The van der Waals surface area contributed by atoms with Crippen LogP contribution in [0.1, 0.15) is 0 Å². The van der Waals surface area contributed by atoms with E-state index < -0.39 is 0 Å². The molecule has 0 radical (unpaired) electrons. The van der Waals surface area contributed by atoms with Crippen molar-refractivity contribution in [2.24, 2.45) is 0 Å². The Morgan fingerprint density at radius 1 is 1.31 bits per heavy atom. The van der Waals surface area contributed by atoms with Crippen LogP contribution in [0.25, 0.3) is 0 Å². The highest BCUT2D eigenvalue weighted by atomic mass is 79.9. The van der Waals surface area contributed by atoms with Gasteiger partial charge in [-0.1, -0.05) is 12.1 Å². The van der Waals surface area contributed by atoms with E-state index in [4.69, 9.17) is 5.73 Å². The average molecular weight is 282 g/mol. The van der Waals surface area contributed by atoms with E-state index >= 15 is 0 Å². The van der Waals surface area contributed by atoms with Crippen molar-refractivity contribution in [3.05, 3.63) is 46.8 Å². The molecule has 1 aromatic carbocycles. The Balaban J connectivity index is 2.31. The van der Waals surface area contributed by atoms with E-state index in [-0.39, 0.29) is 5.82 Å². The molecule has 2 aromatic rings. The number of nitrogens with two attached hydrogens (primary N) is 1. The maximum atomic E-state index is 13.3. The van der Waals surface area contributed by atoms with Gasteiger partial charge in [-0.15, -0.1) is 0 Å². The quantitative estimate of drug-likeness (QED) is 0.888. The minimum absolute atomic E-state index is 0.341. The Bertz CT molecular complexity index is 516. The third kappa shape index (κ3) is 2.30. The van der Waals surface area contributed by atoms with Crippen LogP contribution in [0.3, 0.4) is 0 Å². The minimum atomic E-state index is -0.341. The van der Waals surface area contributed by atoms with E-state index in [1.165, 1.54) is 6.07 Å². The highest BCUT2D eigenvalue weighted by molar-refractivity contribution is 9.10. The molecule has 1 heterocycles. The Kier molecular flexibility index (Phi) is 3.05. The lowest BCUT2D eigenvalue weighted by atomic mass is 10.3. The van der Waals surface area contributed by atoms with Crippen LogP contribution in [0.5, 0.6) is 0 Å². The molecule has 2 rings (SSSR count). The molecule has 0 spiro atoms. The zero-order chi connectivity index (χ0) is 11.5. The number of nitrogens with one attached hydrogen (secondary N) is 1. The van der Waals surface area contributed by atoms with Crippen molar-refractivity contribution in [2.75, 3.05) is 11.1 Å². The second-order valence-electron chi connectivity index (χ2n) is 3.20. The molecule has 1 aromatic heterocycles. The molecule has 0 fully saturated rings. The fourth-order valence-electron chi connectivity index (χ4n) is 1.25. The van der Waals surface area contributed by atoms with Crippen molar-refractivity contribution < 1.29 is 4.39 Å². The molecule has 16 heavy (non-hydrogen) atoms. The number of pyridine rings is 1. The number of halogens is 2. The number of nitrogen functional groups attached to an aromatic ring is 1. The third-order valence-corrected chi connectivity index (χ3v) is 2.44. The zero-order valence-corrected chi connectivity index (χ0v) is 9.83. The molecule has 0 aliphatic carbocycles. The monoisotopic (exact) mass is 281 g/mol. The van der Waals surface area contributed by atoms with Crippen LogP contribution in [-0.2, 0) is 0 Å². The molecule has 0 saturated heterocycles. The van der Waals surface area contributed by atoms with Gasteiger partial charge in [0.15, 0.2) is 5.82 Å². The minimum Gasteiger partial charge on any atom is -0.396 e. The van der Waals surface area contributed by atoms with Gasteiger partial charge < -0.3 is 11.1 Å². The van der Waals surface area contributed by atoms with Gasteiger partial charge >= 0.3 is 0 Å². The van der Waals surface area contributed by atoms with Crippen LogP contribution in [0.2, 0.25) is 0 Å². The summed E-state index contributed by atoms with van der Waals surface area (Å²) in [7, 11) is 0. The van der Waals surface area contributed by atoms with E-state index in [0.717, 1.165) is 4.47 Å². The van der Waals surface area contributed by atoms with Crippen LogP contribution < -0.4 is 11.1 Å². The summed E-state index contributed by atoms with van der Waals surface area (Å²) < 4.78 is 14.1. The molecule has 0 saturated carbocycles. The van der Waals surface area contributed by atoms with Crippen LogP contribution >= 0.6 is 15.9 Å². The van der Waals surface area contributed by atoms with Crippen LogP contribution in [0.15, 0.2) is 41.0 Å². The number of anilines is 3. The Morgan fingerprint density at radius 2 is 2.06 bits per heavy atom. The molecular weight excluding hydrogens is 273 g/mol. The molecule has 0 bridgehead atoms. The van der Waals surface area contributed by atoms with Crippen molar-refractivity contribution in [3.8, 4) is 0 Å². The average Bonchev–Trinajstić information content (AvgIpc) is 2.25. The maximum absolute atomic E-state index is 13.3. The zero-order valence-electron chi connectivity index (χ0n) is 8.24. The van der Waals surface area contributed by atoms with Gasteiger partial charge in [-0.3, -0.25) is 0 Å². The summed E-state index contributed by atoms with van der Waals surface area (Å²) >= 11 is 3.25. The van der Waals surface area contributed by atoms with Crippen molar-refractivity contribution in [3.63, 3.8) is 0 Å². The van der Waals surface area contributed by atoms with Gasteiger partial charge in [0.2, 0.25) is 0 Å². The number of benzene rings is 1. The fraction of sp³-hybridized carbons (Fsp3) is 0. The van der Waals surface area contributed by atoms with Crippen molar-refractivity contribution in [1.29, 1.82) is 0 Å². The second kappa shape index (κ2) is 4.49. The SMILES string of the molecule is Nc1cc(Br)cnc1Nc1ccccc1F. The largest absolute Gasteiger partial charge is 0.396 e. The predicted molar refractivity (Wildman–Crippen MR) is 66.0 cm³/mol. The van der Waals surface area contributed by atoms with E-state index in [2.05, 4.69) is 26.2 Å².